The maximum Gasteiger partial charge on any atom is 0.131 e. The van der Waals surface area contributed by atoms with Crippen LogP contribution in [0.25, 0.3) is 0 Å². The molecule has 1 aromatic carbocycles. The van der Waals surface area contributed by atoms with E-state index in [1.165, 1.54) is 13.2 Å². The molecule has 3 nitrogen and oxygen atoms in total. The number of hydrogen-bond donors (Lipinski definition) is 2. The Labute approximate surface area is 108 Å². The van der Waals surface area contributed by atoms with Crippen molar-refractivity contribution in [2.45, 2.75) is 25.3 Å². The van der Waals surface area contributed by atoms with E-state index in [1.54, 1.807) is 12.1 Å². The van der Waals surface area contributed by atoms with Crippen LogP contribution in [-0.4, -0.2) is 13.7 Å². The first-order chi connectivity index (χ1) is 7.70. The summed E-state index contributed by atoms with van der Waals surface area (Å²) < 4.78 is 18.7. The van der Waals surface area contributed by atoms with E-state index in [9.17, 15) is 4.39 Å². The molecule has 0 amide bonds. The highest BCUT2D eigenvalue weighted by atomic mass is 35.5. The van der Waals surface area contributed by atoms with E-state index in [4.69, 9.17) is 16.2 Å². The van der Waals surface area contributed by atoms with Gasteiger partial charge >= 0.3 is 0 Å². The van der Waals surface area contributed by atoms with Gasteiger partial charge in [-0.2, -0.15) is 0 Å². The fourth-order valence-corrected chi connectivity index (χ4v) is 1.71. The van der Waals surface area contributed by atoms with Gasteiger partial charge in [0.2, 0.25) is 0 Å². The molecule has 0 heterocycles. The van der Waals surface area contributed by atoms with E-state index in [-0.39, 0.29) is 24.3 Å². The quantitative estimate of drug-likeness (QED) is 0.774. The zero-order chi connectivity index (χ0) is 12.0. The van der Waals surface area contributed by atoms with E-state index < -0.39 is 0 Å². The summed E-state index contributed by atoms with van der Waals surface area (Å²) in [5.41, 5.74) is 11.8. The van der Waals surface area contributed by atoms with Gasteiger partial charge in [0.1, 0.15) is 11.6 Å². The van der Waals surface area contributed by atoms with Gasteiger partial charge in [-0.3, -0.25) is 0 Å². The van der Waals surface area contributed by atoms with Gasteiger partial charge in [0.25, 0.3) is 0 Å². The number of ether oxygens (including phenoxy) is 1. The molecule has 0 saturated carbocycles. The summed E-state index contributed by atoms with van der Waals surface area (Å²) in [7, 11) is 1.52. The highest BCUT2D eigenvalue weighted by molar-refractivity contribution is 5.85. The van der Waals surface area contributed by atoms with Crippen LogP contribution >= 0.6 is 12.4 Å². The lowest BCUT2D eigenvalue weighted by atomic mass is 10.0. The smallest absolute Gasteiger partial charge is 0.131 e. The highest BCUT2D eigenvalue weighted by Gasteiger charge is 2.16. The van der Waals surface area contributed by atoms with Crippen LogP contribution in [0.4, 0.5) is 4.39 Å². The minimum absolute atomic E-state index is 0. The Balaban J connectivity index is 0.00000256. The summed E-state index contributed by atoms with van der Waals surface area (Å²) in [6.45, 7) is 0.640. The SMILES string of the molecule is COc1cccc(F)c1[C@@H](N)CCCCN.Cl. The maximum atomic E-state index is 13.6. The molecule has 0 bridgehead atoms. The Morgan fingerprint density at radius 1 is 1.35 bits per heavy atom. The van der Waals surface area contributed by atoms with Gasteiger partial charge in [-0.05, 0) is 31.5 Å². The van der Waals surface area contributed by atoms with Crippen LogP contribution in [0.1, 0.15) is 30.9 Å². The molecular weight excluding hydrogens is 243 g/mol. The maximum absolute atomic E-state index is 13.6. The largest absolute Gasteiger partial charge is 0.496 e. The van der Waals surface area contributed by atoms with Crippen molar-refractivity contribution >= 4 is 12.4 Å². The number of rotatable bonds is 6. The third-order valence-corrected chi connectivity index (χ3v) is 2.57. The van der Waals surface area contributed by atoms with Crippen LogP contribution in [0.3, 0.4) is 0 Å². The van der Waals surface area contributed by atoms with Gasteiger partial charge in [-0.15, -0.1) is 12.4 Å². The molecule has 0 aliphatic carbocycles. The molecular formula is C12H20ClFN2O. The standard InChI is InChI=1S/C12H19FN2O.ClH/c1-16-11-7-4-5-9(13)12(11)10(15)6-2-3-8-14;/h4-5,7,10H,2-3,6,8,14-15H2,1H3;1H/t10-;/m0./s1. The highest BCUT2D eigenvalue weighted by Crippen LogP contribution is 2.29. The van der Waals surface area contributed by atoms with Gasteiger partial charge in [-0.25, -0.2) is 4.39 Å². The Bertz CT molecular complexity index is 336. The number of benzene rings is 1. The molecule has 0 aliphatic rings. The normalized spacial score (nSPS) is 11.8. The van der Waals surface area contributed by atoms with E-state index in [2.05, 4.69) is 0 Å². The van der Waals surface area contributed by atoms with Crippen molar-refractivity contribution in [1.29, 1.82) is 0 Å². The van der Waals surface area contributed by atoms with E-state index in [0.29, 0.717) is 24.3 Å². The molecule has 0 fully saturated rings. The van der Waals surface area contributed by atoms with Crippen LogP contribution in [-0.2, 0) is 0 Å². The van der Waals surface area contributed by atoms with Crippen molar-refractivity contribution in [2.24, 2.45) is 11.5 Å². The molecule has 0 saturated heterocycles. The monoisotopic (exact) mass is 262 g/mol. The predicted octanol–water partition coefficient (Wildman–Crippen LogP) is 2.38. The van der Waals surface area contributed by atoms with E-state index >= 15 is 0 Å². The summed E-state index contributed by atoms with van der Waals surface area (Å²) in [5.74, 6) is 0.208. The topological polar surface area (TPSA) is 61.3 Å². The Hall–Kier alpha value is -0.840. The molecule has 98 valence electrons. The molecule has 1 atom stereocenters. The Morgan fingerprint density at radius 2 is 2.06 bits per heavy atom. The second-order valence-electron chi connectivity index (χ2n) is 3.75. The summed E-state index contributed by atoms with van der Waals surface area (Å²) >= 11 is 0. The third-order valence-electron chi connectivity index (χ3n) is 2.57. The molecule has 5 heteroatoms. The number of nitrogens with two attached hydrogens (primary N) is 2. The van der Waals surface area contributed by atoms with Crippen molar-refractivity contribution < 1.29 is 9.13 Å². The van der Waals surface area contributed by atoms with Crippen LogP contribution in [0, 0.1) is 5.82 Å². The van der Waals surface area contributed by atoms with Crippen molar-refractivity contribution in [1.82, 2.24) is 0 Å². The lowest BCUT2D eigenvalue weighted by Crippen LogP contribution is -2.14. The molecule has 0 spiro atoms. The zero-order valence-corrected chi connectivity index (χ0v) is 10.8. The van der Waals surface area contributed by atoms with Crippen molar-refractivity contribution in [3.05, 3.63) is 29.6 Å². The first kappa shape index (κ1) is 16.2. The van der Waals surface area contributed by atoms with Gasteiger partial charge in [-0.1, -0.05) is 12.5 Å². The minimum Gasteiger partial charge on any atom is -0.496 e. The molecule has 4 N–H and O–H groups in total. The first-order valence-electron chi connectivity index (χ1n) is 5.48. The Morgan fingerprint density at radius 3 is 2.65 bits per heavy atom. The minimum atomic E-state index is -0.331. The number of hydrogen-bond acceptors (Lipinski definition) is 3. The molecule has 1 rings (SSSR count). The third kappa shape index (κ3) is 4.50. The van der Waals surface area contributed by atoms with Crippen molar-refractivity contribution in [3.8, 4) is 5.75 Å². The Kier molecular flexibility index (Phi) is 7.87. The molecule has 1 aromatic rings. The molecule has 0 aliphatic heterocycles. The summed E-state index contributed by atoms with van der Waals surface area (Å²) in [4.78, 5) is 0. The van der Waals surface area contributed by atoms with Gasteiger partial charge in [0, 0.05) is 11.6 Å². The zero-order valence-electron chi connectivity index (χ0n) is 9.99. The van der Waals surface area contributed by atoms with Crippen LogP contribution < -0.4 is 16.2 Å². The molecule has 0 unspecified atom stereocenters. The predicted molar refractivity (Wildman–Crippen MR) is 70.0 cm³/mol. The fraction of sp³-hybridized carbons (Fsp3) is 0.500. The second-order valence-corrected chi connectivity index (χ2v) is 3.75. The number of unbranched alkanes of at least 4 members (excludes halogenated alkanes) is 1. The van der Waals surface area contributed by atoms with Crippen molar-refractivity contribution in [2.75, 3.05) is 13.7 Å². The van der Waals surface area contributed by atoms with E-state index in [1.807, 2.05) is 0 Å². The van der Waals surface area contributed by atoms with Gasteiger partial charge in [0.05, 0.1) is 7.11 Å². The summed E-state index contributed by atoms with van der Waals surface area (Å²) in [5, 5.41) is 0. The fourth-order valence-electron chi connectivity index (χ4n) is 1.71. The lowest BCUT2D eigenvalue weighted by molar-refractivity contribution is 0.396. The number of methoxy groups -OCH3 is 1. The van der Waals surface area contributed by atoms with E-state index in [0.717, 1.165) is 12.8 Å². The molecule has 0 aromatic heterocycles. The summed E-state index contributed by atoms with van der Waals surface area (Å²) in [6, 6.07) is 4.41. The second kappa shape index (κ2) is 8.28. The van der Waals surface area contributed by atoms with Gasteiger partial charge in [0.15, 0.2) is 0 Å². The summed E-state index contributed by atoms with van der Waals surface area (Å²) in [6.07, 6.45) is 2.52. The first-order valence-corrected chi connectivity index (χ1v) is 5.48. The molecule has 0 radical (unpaired) electrons. The number of halogens is 2. The van der Waals surface area contributed by atoms with Crippen LogP contribution in [0.2, 0.25) is 0 Å². The van der Waals surface area contributed by atoms with Crippen molar-refractivity contribution in [3.63, 3.8) is 0 Å². The lowest BCUT2D eigenvalue weighted by Gasteiger charge is -2.16. The average molecular weight is 263 g/mol. The molecule has 17 heavy (non-hydrogen) atoms. The average Bonchev–Trinajstić information content (AvgIpc) is 2.28. The van der Waals surface area contributed by atoms with Crippen LogP contribution in [0.5, 0.6) is 5.75 Å². The van der Waals surface area contributed by atoms with Crippen LogP contribution in [0.15, 0.2) is 18.2 Å². The van der Waals surface area contributed by atoms with Gasteiger partial charge < -0.3 is 16.2 Å².